The molecule has 33 heavy (non-hydrogen) atoms. The van der Waals surface area contributed by atoms with Crippen LogP contribution in [0.5, 0.6) is 5.75 Å². The predicted octanol–water partition coefficient (Wildman–Crippen LogP) is 3.39. The average molecular weight is 441 g/mol. The summed E-state index contributed by atoms with van der Waals surface area (Å²) in [5, 5.41) is 0. The molecular weight excluding hydrogens is 418 g/mol. The Morgan fingerprint density at radius 3 is 2.52 bits per heavy atom. The van der Waals surface area contributed by atoms with Crippen molar-refractivity contribution in [1.29, 1.82) is 0 Å². The van der Waals surface area contributed by atoms with Crippen LogP contribution in [0.4, 0.5) is 0 Å². The smallest absolute Gasteiger partial charge is 0.341 e. The standard InChI is InChI=1S/C26H23N3O4/c30-23-21-15-28-13-7-22(21)26(33-23)10-14-29(17-26)24(31)25(8-9-25)19-1-3-20(4-2-19)32-16-18-5-11-27-12-6-18/h1-7,11-13,15H,8-10,14,16-17H2. The molecule has 7 nitrogen and oxygen atoms in total. The molecule has 4 heterocycles. The van der Waals surface area contributed by atoms with Gasteiger partial charge in [-0.1, -0.05) is 12.1 Å². The fourth-order valence-corrected chi connectivity index (χ4v) is 5.07. The molecule has 2 aliphatic heterocycles. The second-order valence-corrected chi connectivity index (χ2v) is 9.03. The molecule has 1 aliphatic carbocycles. The molecule has 166 valence electrons. The maximum Gasteiger partial charge on any atom is 0.341 e. The average Bonchev–Trinajstić information content (AvgIpc) is 3.49. The van der Waals surface area contributed by atoms with Crippen molar-refractivity contribution in [2.24, 2.45) is 0 Å². The number of likely N-dealkylation sites (tertiary alicyclic amines) is 1. The van der Waals surface area contributed by atoms with Gasteiger partial charge in [-0.3, -0.25) is 14.8 Å². The fourth-order valence-electron chi connectivity index (χ4n) is 5.07. The Bertz CT molecular complexity index is 1220. The minimum absolute atomic E-state index is 0.114. The van der Waals surface area contributed by atoms with Crippen LogP contribution in [0, 0.1) is 0 Å². The van der Waals surface area contributed by atoms with Crippen molar-refractivity contribution in [2.45, 2.75) is 36.9 Å². The number of pyridine rings is 2. The maximum atomic E-state index is 13.6. The zero-order valence-electron chi connectivity index (χ0n) is 18.1. The molecule has 6 rings (SSSR count). The third kappa shape index (κ3) is 3.26. The first-order valence-corrected chi connectivity index (χ1v) is 11.2. The number of amides is 1. The quantitative estimate of drug-likeness (QED) is 0.565. The van der Waals surface area contributed by atoms with Gasteiger partial charge in [-0.2, -0.15) is 0 Å². The lowest BCUT2D eigenvalue weighted by atomic mass is 9.92. The molecule has 1 saturated heterocycles. The Kier molecular flexibility index (Phi) is 4.47. The minimum atomic E-state index is -0.744. The van der Waals surface area contributed by atoms with Gasteiger partial charge in [-0.25, -0.2) is 4.79 Å². The van der Waals surface area contributed by atoms with Gasteiger partial charge < -0.3 is 14.4 Å². The number of hydrogen-bond donors (Lipinski definition) is 0. The number of rotatable bonds is 5. The highest BCUT2D eigenvalue weighted by atomic mass is 16.6. The van der Waals surface area contributed by atoms with E-state index in [-0.39, 0.29) is 11.9 Å². The highest BCUT2D eigenvalue weighted by Gasteiger charge is 2.57. The number of esters is 1. The summed E-state index contributed by atoms with van der Waals surface area (Å²) in [6.07, 6.45) is 8.98. The second-order valence-electron chi connectivity index (χ2n) is 9.03. The molecule has 3 aliphatic rings. The van der Waals surface area contributed by atoms with Crippen molar-refractivity contribution in [3.05, 3.63) is 89.5 Å². The van der Waals surface area contributed by atoms with E-state index in [9.17, 15) is 9.59 Å². The van der Waals surface area contributed by atoms with Gasteiger partial charge in [0.25, 0.3) is 0 Å². The lowest BCUT2D eigenvalue weighted by molar-refractivity contribution is -0.134. The van der Waals surface area contributed by atoms with Crippen molar-refractivity contribution < 1.29 is 19.1 Å². The number of benzene rings is 1. The summed E-state index contributed by atoms with van der Waals surface area (Å²) < 4.78 is 11.7. The largest absolute Gasteiger partial charge is 0.489 e. The summed E-state index contributed by atoms with van der Waals surface area (Å²) in [6, 6.07) is 13.5. The molecule has 0 bridgehead atoms. The number of carbonyl (C=O) groups excluding carboxylic acids is 2. The minimum Gasteiger partial charge on any atom is -0.489 e. The van der Waals surface area contributed by atoms with E-state index < -0.39 is 11.0 Å². The first kappa shape index (κ1) is 19.9. The molecule has 0 radical (unpaired) electrons. The molecular formula is C26H23N3O4. The van der Waals surface area contributed by atoms with Crippen LogP contribution in [0.25, 0.3) is 0 Å². The van der Waals surface area contributed by atoms with Crippen LogP contribution in [-0.2, 0) is 27.2 Å². The van der Waals surface area contributed by atoms with Crippen LogP contribution >= 0.6 is 0 Å². The van der Waals surface area contributed by atoms with E-state index in [0.29, 0.717) is 31.7 Å². The molecule has 1 unspecified atom stereocenters. The van der Waals surface area contributed by atoms with Crippen LogP contribution in [-0.4, -0.2) is 39.8 Å². The lowest BCUT2D eigenvalue weighted by Crippen LogP contribution is -2.40. The van der Waals surface area contributed by atoms with Crippen molar-refractivity contribution in [1.82, 2.24) is 14.9 Å². The van der Waals surface area contributed by atoms with Crippen molar-refractivity contribution in [3.8, 4) is 5.75 Å². The maximum absolute atomic E-state index is 13.6. The topological polar surface area (TPSA) is 81.6 Å². The zero-order valence-corrected chi connectivity index (χ0v) is 18.1. The van der Waals surface area contributed by atoms with Crippen LogP contribution in [0.15, 0.2) is 67.3 Å². The van der Waals surface area contributed by atoms with Gasteiger partial charge in [-0.05, 0) is 54.3 Å². The SMILES string of the molecule is O=C1OC2(CCN(C(=O)C3(c4ccc(OCc5ccncc5)cc4)CC3)C2)c2ccncc21. The number of nitrogens with zero attached hydrogens (tertiary/aromatic N) is 3. The monoisotopic (exact) mass is 441 g/mol. The van der Waals surface area contributed by atoms with Crippen molar-refractivity contribution in [3.63, 3.8) is 0 Å². The molecule has 1 amide bonds. The Hall–Kier alpha value is -3.74. The molecule has 1 atom stereocenters. The number of fused-ring (bicyclic) bond motifs is 2. The van der Waals surface area contributed by atoms with Crippen LogP contribution < -0.4 is 4.74 Å². The molecule has 3 aromatic rings. The van der Waals surface area contributed by atoms with E-state index in [4.69, 9.17) is 9.47 Å². The van der Waals surface area contributed by atoms with Crippen LogP contribution in [0.3, 0.4) is 0 Å². The summed E-state index contributed by atoms with van der Waals surface area (Å²) in [6.45, 7) is 1.43. The Morgan fingerprint density at radius 2 is 1.76 bits per heavy atom. The third-order valence-corrected chi connectivity index (χ3v) is 7.06. The number of aromatic nitrogens is 2. The molecule has 2 aromatic heterocycles. The van der Waals surface area contributed by atoms with Crippen LogP contribution in [0.1, 0.15) is 46.3 Å². The van der Waals surface area contributed by atoms with Crippen molar-refractivity contribution >= 4 is 11.9 Å². The zero-order chi connectivity index (χ0) is 22.5. The van der Waals surface area contributed by atoms with Crippen LogP contribution in [0.2, 0.25) is 0 Å². The van der Waals surface area contributed by atoms with Gasteiger partial charge in [0.1, 0.15) is 12.4 Å². The molecule has 2 fully saturated rings. The molecule has 0 N–H and O–H groups in total. The summed E-state index contributed by atoms with van der Waals surface area (Å²) in [4.78, 5) is 35.9. The van der Waals surface area contributed by atoms with Crippen molar-refractivity contribution in [2.75, 3.05) is 13.1 Å². The summed E-state index contributed by atoms with van der Waals surface area (Å²) >= 11 is 0. The molecule has 7 heteroatoms. The van der Waals surface area contributed by atoms with Gasteiger partial charge in [0.05, 0.1) is 17.5 Å². The van der Waals surface area contributed by atoms with E-state index in [1.54, 1.807) is 24.8 Å². The van der Waals surface area contributed by atoms with Gasteiger partial charge >= 0.3 is 5.97 Å². The predicted molar refractivity (Wildman–Crippen MR) is 118 cm³/mol. The lowest BCUT2D eigenvalue weighted by Gasteiger charge is -2.27. The molecule has 1 spiro atoms. The van der Waals surface area contributed by atoms with E-state index in [1.165, 1.54) is 0 Å². The first-order chi connectivity index (χ1) is 16.1. The van der Waals surface area contributed by atoms with E-state index in [0.717, 1.165) is 35.3 Å². The van der Waals surface area contributed by atoms with Gasteiger partial charge in [-0.15, -0.1) is 0 Å². The summed E-state index contributed by atoms with van der Waals surface area (Å²) in [7, 11) is 0. The van der Waals surface area contributed by atoms with E-state index in [1.807, 2.05) is 47.4 Å². The number of carbonyl (C=O) groups is 2. The number of ether oxygens (including phenoxy) is 2. The number of hydrogen-bond acceptors (Lipinski definition) is 6. The molecule has 1 saturated carbocycles. The summed E-state index contributed by atoms with van der Waals surface area (Å²) in [5.41, 5.74) is 2.19. The highest BCUT2D eigenvalue weighted by Crippen LogP contribution is 2.52. The van der Waals surface area contributed by atoms with Gasteiger partial charge in [0.15, 0.2) is 5.60 Å². The third-order valence-electron chi connectivity index (χ3n) is 7.06. The second kappa shape index (κ2) is 7.40. The van der Waals surface area contributed by atoms with E-state index in [2.05, 4.69) is 9.97 Å². The van der Waals surface area contributed by atoms with Gasteiger partial charge in [0.2, 0.25) is 5.91 Å². The Balaban J connectivity index is 1.16. The van der Waals surface area contributed by atoms with E-state index >= 15 is 0 Å². The summed E-state index contributed by atoms with van der Waals surface area (Å²) in [5.74, 6) is 0.529. The Morgan fingerprint density at radius 1 is 1.00 bits per heavy atom. The fraction of sp³-hybridized carbons (Fsp3) is 0.308. The first-order valence-electron chi connectivity index (χ1n) is 11.2. The Labute approximate surface area is 191 Å². The van der Waals surface area contributed by atoms with Gasteiger partial charge in [0, 0.05) is 43.3 Å². The normalized spacial score (nSPS) is 22.2. The highest BCUT2D eigenvalue weighted by molar-refractivity contribution is 5.95. The molecule has 1 aromatic carbocycles.